The fraction of sp³-hybridized carbons (Fsp3) is 0.615. The summed E-state index contributed by atoms with van der Waals surface area (Å²) in [4.78, 5) is 16.8. The van der Waals surface area contributed by atoms with Gasteiger partial charge in [0.1, 0.15) is 12.7 Å². The summed E-state index contributed by atoms with van der Waals surface area (Å²) in [5, 5.41) is 7.17. The molecule has 2 rings (SSSR count). The second-order valence-electron chi connectivity index (χ2n) is 4.73. The third kappa shape index (κ3) is 4.37. The number of aromatic nitrogens is 6. The number of rotatable bonds is 8. The van der Waals surface area contributed by atoms with Gasteiger partial charge in [0, 0.05) is 6.54 Å². The molecule has 0 aliphatic heterocycles. The lowest BCUT2D eigenvalue weighted by atomic mass is 10.2. The van der Waals surface area contributed by atoms with Crippen LogP contribution in [0.15, 0.2) is 12.7 Å². The first-order valence-electron chi connectivity index (χ1n) is 7.24. The molecule has 0 aromatic carbocycles. The Morgan fingerprint density at radius 3 is 2.76 bits per heavy atom. The Kier molecular flexibility index (Phi) is 5.42. The summed E-state index contributed by atoms with van der Waals surface area (Å²) in [6.07, 6.45) is 6.00. The number of ether oxygens (including phenoxy) is 1. The Balaban J connectivity index is 2.24. The van der Waals surface area contributed by atoms with E-state index in [4.69, 9.17) is 4.74 Å². The molecule has 0 fully saturated rings. The van der Waals surface area contributed by atoms with Crippen molar-refractivity contribution in [2.24, 2.45) is 0 Å². The van der Waals surface area contributed by atoms with Crippen molar-refractivity contribution in [1.29, 1.82) is 0 Å². The highest BCUT2D eigenvalue weighted by molar-refractivity contribution is 5.29. The average Bonchev–Trinajstić information content (AvgIpc) is 2.99. The van der Waals surface area contributed by atoms with Crippen molar-refractivity contribution >= 4 is 5.95 Å². The van der Waals surface area contributed by atoms with Gasteiger partial charge in [-0.25, -0.2) is 4.98 Å². The molecule has 2 aromatic heterocycles. The highest BCUT2D eigenvalue weighted by Gasteiger charge is 2.12. The molecular formula is C13H21N7O. The number of hydrogen-bond acceptors (Lipinski definition) is 7. The third-order valence-corrected chi connectivity index (χ3v) is 2.76. The van der Waals surface area contributed by atoms with Crippen LogP contribution < -0.4 is 10.1 Å². The monoisotopic (exact) mass is 291 g/mol. The quantitative estimate of drug-likeness (QED) is 0.793. The van der Waals surface area contributed by atoms with Crippen molar-refractivity contribution in [3.8, 4) is 12.0 Å². The lowest BCUT2D eigenvalue weighted by Crippen LogP contribution is -2.16. The smallest absolute Gasteiger partial charge is 0.323 e. The predicted octanol–water partition coefficient (Wildman–Crippen LogP) is 1.84. The maximum atomic E-state index is 5.75. The fourth-order valence-electron chi connectivity index (χ4n) is 1.77. The normalized spacial score (nSPS) is 12.1. The third-order valence-electron chi connectivity index (χ3n) is 2.76. The van der Waals surface area contributed by atoms with Gasteiger partial charge in [-0.05, 0) is 19.8 Å². The Morgan fingerprint density at radius 2 is 2.10 bits per heavy atom. The number of anilines is 1. The van der Waals surface area contributed by atoms with Gasteiger partial charge in [0.05, 0.1) is 6.10 Å². The zero-order valence-electron chi connectivity index (χ0n) is 12.7. The Morgan fingerprint density at radius 1 is 1.24 bits per heavy atom. The van der Waals surface area contributed by atoms with Gasteiger partial charge in [-0.3, -0.25) is 0 Å². The molecule has 1 N–H and O–H groups in total. The molecular weight excluding hydrogens is 270 g/mol. The van der Waals surface area contributed by atoms with Gasteiger partial charge in [-0.15, -0.1) is 0 Å². The number of nitrogens with one attached hydrogen (secondary N) is 1. The predicted molar refractivity (Wildman–Crippen MR) is 78.5 cm³/mol. The number of nitrogens with zero attached hydrogens (tertiary/aromatic N) is 6. The molecule has 0 radical (unpaired) electrons. The van der Waals surface area contributed by atoms with Crippen molar-refractivity contribution in [2.75, 3.05) is 11.9 Å². The van der Waals surface area contributed by atoms with Crippen molar-refractivity contribution in [3.63, 3.8) is 0 Å². The van der Waals surface area contributed by atoms with Crippen LogP contribution in [0.3, 0.4) is 0 Å². The van der Waals surface area contributed by atoms with Crippen LogP contribution in [0.1, 0.15) is 40.0 Å². The highest BCUT2D eigenvalue weighted by Crippen LogP contribution is 2.13. The Hall–Kier alpha value is -2.25. The van der Waals surface area contributed by atoms with Crippen LogP contribution >= 0.6 is 0 Å². The van der Waals surface area contributed by atoms with Crippen LogP contribution in [-0.2, 0) is 0 Å². The topological polar surface area (TPSA) is 90.6 Å². The molecule has 0 bridgehead atoms. The summed E-state index contributed by atoms with van der Waals surface area (Å²) >= 11 is 0. The van der Waals surface area contributed by atoms with E-state index < -0.39 is 0 Å². The molecule has 0 saturated heterocycles. The first-order valence-corrected chi connectivity index (χ1v) is 7.24. The van der Waals surface area contributed by atoms with Gasteiger partial charge in [-0.1, -0.05) is 20.3 Å². The maximum absolute atomic E-state index is 5.75. The minimum Gasteiger partial charge on any atom is -0.460 e. The molecule has 8 nitrogen and oxygen atoms in total. The van der Waals surface area contributed by atoms with E-state index in [2.05, 4.69) is 44.2 Å². The number of hydrogen-bond donors (Lipinski definition) is 1. The lowest BCUT2D eigenvalue weighted by Gasteiger charge is -2.13. The summed E-state index contributed by atoms with van der Waals surface area (Å²) in [5.74, 6) is 0.871. The van der Waals surface area contributed by atoms with E-state index in [0.717, 1.165) is 25.8 Å². The van der Waals surface area contributed by atoms with E-state index in [0.29, 0.717) is 17.9 Å². The first-order chi connectivity index (χ1) is 10.2. The van der Waals surface area contributed by atoms with Crippen molar-refractivity contribution < 1.29 is 4.74 Å². The molecule has 114 valence electrons. The van der Waals surface area contributed by atoms with Gasteiger partial charge in [0.15, 0.2) is 0 Å². The summed E-state index contributed by atoms with van der Waals surface area (Å²) in [7, 11) is 0. The van der Waals surface area contributed by atoms with Gasteiger partial charge in [0.25, 0.3) is 5.95 Å². The van der Waals surface area contributed by atoms with Crippen molar-refractivity contribution in [3.05, 3.63) is 12.7 Å². The SMILES string of the molecule is CCCNc1nc(OC(C)CCC)nc(-n2cncn2)n1. The molecule has 2 heterocycles. The van der Waals surface area contributed by atoms with E-state index in [-0.39, 0.29) is 6.10 Å². The van der Waals surface area contributed by atoms with Crippen LogP contribution in [0, 0.1) is 0 Å². The summed E-state index contributed by atoms with van der Waals surface area (Å²) in [5.41, 5.74) is 0. The van der Waals surface area contributed by atoms with Crippen molar-refractivity contribution in [1.82, 2.24) is 29.7 Å². The lowest BCUT2D eigenvalue weighted by molar-refractivity contribution is 0.192. The van der Waals surface area contributed by atoms with Crippen LogP contribution in [0.5, 0.6) is 6.01 Å². The fourth-order valence-corrected chi connectivity index (χ4v) is 1.77. The summed E-state index contributed by atoms with van der Waals surface area (Å²) in [6, 6.07) is 0.301. The van der Waals surface area contributed by atoms with E-state index in [1.165, 1.54) is 17.3 Å². The van der Waals surface area contributed by atoms with Crippen LogP contribution in [0.25, 0.3) is 5.95 Å². The van der Waals surface area contributed by atoms with Crippen molar-refractivity contribution in [2.45, 2.75) is 46.1 Å². The zero-order chi connectivity index (χ0) is 15.1. The second-order valence-corrected chi connectivity index (χ2v) is 4.73. The standard InChI is InChI=1S/C13H21N7O/c1-4-6-10(3)21-13-18-11(15-7-5-2)17-12(19-13)20-9-14-8-16-20/h8-10H,4-7H2,1-3H3,(H,15,17,18,19). The molecule has 0 aliphatic carbocycles. The van der Waals surface area contributed by atoms with Crippen LogP contribution in [0.4, 0.5) is 5.95 Å². The summed E-state index contributed by atoms with van der Waals surface area (Å²) < 4.78 is 7.23. The zero-order valence-corrected chi connectivity index (χ0v) is 12.7. The molecule has 0 amide bonds. The molecule has 21 heavy (non-hydrogen) atoms. The van der Waals surface area contributed by atoms with E-state index in [1.54, 1.807) is 0 Å². The van der Waals surface area contributed by atoms with Gasteiger partial charge in [-0.2, -0.15) is 24.7 Å². The van der Waals surface area contributed by atoms with E-state index in [1.807, 2.05) is 6.92 Å². The van der Waals surface area contributed by atoms with E-state index in [9.17, 15) is 0 Å². The van der Waals surface area contributed by atoms with Gasteiger partial charge >= 0.3 is 6.01 Å². The Bertz CT molecular complexity index is 543. The highest BCUT2D eigenvalue weighted by atomic mass is 16.5. The first kappa shape index (κ1) is 15.1. The maximum Gasteiger partial charge on any atom is 0.323 e. The molecule has 8 heteroatoms. The Labute approximate surface area is 124 Å². The second kappa shape index (κ2) is 7.51. The molecule has 0 spiro atoms. The van der Waals surface area contributed by atoms with Gasteiger partial charge in [0.2, 0.25) is 5.95 Å². The molecule has 0 aliphatic rings. The summed E-state index contributed by atoms with van der Waals surface area (Å²) in [6.45, 7) is 6.97. The molecule has 2 aromatic rings. The van der Waals surface area contributed by atoms with Crippen LogP contribution in [0.2, 0.25) is 0 Å². The van der Waals surface area contributed by atoms with Crippen LogP contribution in [-0.4, -0.2) is 42.4 Å². The minimum atomic E-state index is 0.0556. The minimum absolute atomic E-state index is 0.0556. The van der Waals surface area contributed by atoms with Gasteiger partial charge < -0.3 is 10.1 Å². The molecule has 0 saturated carbocycles. The van der Waals surface area contributed by atoms with E-state index >= 15 is 0 Å². The largest absolute Gasteiger partial charge is 0.460 e. The molecule has 1 unspecified atom stereocenters. The average molecular weight is 291 g/mol. The molecule has 1 atom stereocenters.